The summed E-state index contributed by atoms with van der Waals surface area (Å²) >= 11 is 0. The van der Waals surface area contributed by atoms with Crippen LogP contribution in [0.5, 0.6) is 0 Å². The Bertz CT molecular complexity index is 488. The van der Waals surface area contributed by atoms with Crippen molar-refractivity contribution in [3.8, 4) is 0 Å². The molecule has 2 heterocycles. The third kappa shape index (κ3) is 4.54. The van der Waals surface area contributed by atoms with Gasteiger partial charge in [0.25, 0.3) is 0 Å². The number of nitrogens with zero attached hydrogens (tertiary/aromatic N) is 1. The lowest BCUT2D eigenvalue weighted by Gasteiger charge is -2.47. The quantitative estimate of drug-likeness (QED) is 0.698. The summed E-state index contributed by atoms with van der Waals surface area (Å²) in [5.74, 6) is -0.965. The number of aliphatic carboxylic acids is 1. The maximum absolute atomic E-state index is 13.4. The molecule has 148 valence electrons. The number of nitrogens with one attached hydrogen (secondary N) is 1. The Morgan fingerprint density at radius 2 is 1.85 bits per heavy atom. The van der Waals surface area contributed by atoms with Crippen LogP contribution in [-0.4, -0.2) is 85.7 Å². The van der Waals surface area contributed by atoms with Gasteiger partial charge in [0.2, 0.25) is 5.91 Å². The van der Waals surface area contributed by atoms with Crippen molar-refractivity contribution in [1.82, 2.24) is 10.2 Å². The van der Waals surface area contributed by atoms with Crippen molar-refractivity contribution in [2.24, 2.45) is 0 Å². The number of morpholine rings is 1. The van der Waals surface area contributed by atoms with Crippen molar-refractivity contribution in [3.05, 3.63) is 0 Å². The van der Waals surface area contributed by atoms with Crippen molar-refractivity contribution in [3.63, 3.8) is 0 Å². The zero-order chi connectivity index (χ0) is 18.4. The highest BCUT2D eigenvalue weighted by Gasteiger charge is 2.46. The van der Waals surface area contributed by atoms with Crippen LogP contribution in [-0.2, 0) is 23.8 Å². The molecule has 3 fully saturated rings. The van der Waals surface area contributed by atoms with Crippen LogP contribution >= 0.6 is 0 Å². The SMILES string of the molecule is O=C(O)CO[C@@H]1COCC[C@H]1NC(=O)C1(N2CCOCC2)CCCCC1. The molecule has 0 unspecified atom stereocenters. The number of carbonyl (C=O) groups excluding carboxylic acids is 1. The van der Waals surface area contributed by atoms with Crippen LogP contribution in [0.4, 0.5) is 0 Å². The van der Waals surface area contributed by atoms with Gasteiger partial charge in [-0.15, -0.1) is 0 Å². The molecule has 1 saturated carbocycles. The van der Waals surface area contributed by atoms with Gasteiger partial charge in [0.05, 0.1) is 25.9 Å². The molecule has 2 saturated heterocycles. The van der Waals surface area contributed by atoms with Gasteiger partial charge in [-0.25, -0.2) is 4.79 Å². The molecule has 26 heavy (non-hydrogen) atoms. The lowest BCUT2D eigenvalue weighted by molar-refractivity contribution is -0.151. The summed E-state index contributed by atoms with van der Waals surface area (Å²) in [6.45, 7) is 3.35. The van der Waals surface area contributed by atoms with E-state index in [1.807, 2.05) is 0 Å². The third-order valence-corrected chi connectivity index (χ3v) is 5.76. The Hall–Kier alpha value is -1.22. The molecule has 0 aromatic carbocycles. The molecule has 3 rings (SSSR count). The average molecular weight is 370 g/mol. The largest absolute Gasteiger partial charge is 0.480 e. The van der Waals surface area contributed by atoms with Crippen molar-refractivity contribution in [1.29, 1.82) is 0 Å². The Balaban J connectivity index is 1.68. The van der Waals surface area contributed by atoms with E-state index in [9.17, 15) is 9.59 Å². The summed E-state index contributed by atoms with van der Waals surface area (Å²) in [4.78, 5) is 26.5. The van der Waals surface area contributed by atoms with Crippen molar-refractivity contribution < 1.29 is 28.9 Å². The standard InChI is InChI=1S/C18H30N2O6/c21-16(22)13-26-15-12-25-9-4-14(15)19-17(23)18(5-2-1-3-6-18)20-7-10-24-11-8-20/h14-15H,1-13H2,(H,19,23)(H,21,22)/t14-,15-/m1/s1. The van der Waals surface area contributed by atoms with Crippen LogP contribution in [0.3, 0.4) is 0 Å². The van der Waals surface area contributed by atoms with E-state index in [2.05, 4.69) is 10.2 Å². The van der Waals surface area contributed by atoms with Crippen molar-refractivity contribution in [2.45, 2.75) is 56.2 Å². The van der Waals surface area contributed by atoms with Gasteiger partial charge in [-0.2, -0.15) is 0 Å². The predicted octanol–water partition coefficient (Wildman–Crippen LogP) is 0.396. The number of carboxylic acid groups (broad SMARTS) is 1. The van der Waals surface area contributed by atoms with Crippen LogP contribution in [0.15, 0.2) is 0 Å². The van der Waals surface area contributed by atoms with Gasteiger partial charge >= 0.3 is 5.97 Å². The van der Waals surface area contributed by atoms with Crippen molar-refractivity contribution in [2.75, 3.05) is 46.1 Å². The lowest BCUT2D eigenvalue weighted by Crippen LogP contribution is -2.65. The molecule has 8 heteroatoms. The second kappa shape index (κ2) is 9.12. The Morgan fingerprint density at radius 3 is 2.54 bits per heavy atom. The van der Waals surface area contributed by atoms with Crippen LogP contribution in [0.1, 0.15) is 38.5 Å². The van der Waals surface area contributed by atoms with Crippen LogP contribution in [0.25, 0.3) is 0 Å². The number of rotatable bonds is 6. The molecular weight excluding hydrogens is 340 g/mol. The molecule has 2 N–H and O–H groups in total. The minimum absolute atomic E-state index is 0.0509. The van der Waals surface area contributed by atoms with Gasteiger partial charge in [0.15, 0.2) is 0 Å². The van der Waals surface area contributed by atoms with E-state index in [1.165, 1.54) is 6.42 Å². The first-order valence-electron chi connectivity index (χ1n) is 9.67. The topological polar surface area (TPSA) is 97.3 Å². The Morgan fingerprint density at radius 1 is 1.12 bits per heavy atom. The van der Waals surface area contributed by atoms with Crippen LogP contribution < -0.4 is 5.32 Å². The maximum atomic E-state index is 13.4. The summed E-state index contributed by atoms with van der Waals surface area (Å²) in [6, 6.07) is -0.213. The summed E-state index contributed by atoms with van der Waals surface area (Å²) in [5, 5.41) is 12.0. The fourth-order valence-corrected chi connectivity index (χ4v) is 4.34. The summed E-state index contributed by atoms with van der Waals surface area (Å²) in [5.41, 5.74) is -0.475. The monoisotopic (exact) mass is 370 g/mol. The second-order valence-corrected chi connectivity index (χ2v) is 7.38. The van der Waals surface area contributed by atoms with Crippen molar-refractivity contribution >= 4 is 11.9 Å². The van der Waals surface area contributed by atoms with Gasteiger partial charge in [-0.05, 0) is 19.3 Å². The van der Waals surface area contributed by atoms with E-state index in [1.54, 1.807) is 0 Å². The van der Waals surface area contributed by atoms with Gasteiger partial charge in [0.1, 0.15) is 18.2 Å². The third-order valence-electron chi connectivity index (χ3n) is 5.76. The Labute approximate surface area is 154 Å². The highest BCUT2D eigenvalue weighted by molar-refractivity contribution is 5.86. The zero-order valence-electron chi connectivity index (χ0n) is 15.3. The van der Waals surface area contributed by atoms with Gasteiger partial charge in [0, 0.05) is 19.7 Å². The molecule has 0 aromatic heterocycles. The molecule has 0 bridgehead atoms. The minimum atomic E-state index is -1.02. The molecule has 1 amide bonds. The van der Waals surface area contributed by atoms with E-state index >= 15 is 0 Å². The molecule has 3 aliphatic rings. The first-order chi connectivity index (χ1) is 12.6. The zero-order valence-corrected chi connectivity index (χ0v) is 15.3. The summed E-state index contributed by atoms with van der Waals surface area (Å²) in [7, 11) is 0. The summed E-state index contributed by atoms with van der Waals surface area (Å²) in [6.07, 6.45) is 5.21. The van der Waals surface area contributed by atoms with Crippen LogP contribution in [0, 0.1) is 0 Å². The number of amides is 1. The van der Waals surface area contributed by atoms with Gasteiger partial charge in [-0.3, -0.25) is 9.69 Å². The maximum Gasteiger partial charge on any atom is 0.329 e. The Kier molecular flexibility index (Phi) is 6.86. The predicted molar refractivity (Wildman–Crippen MR) is 93.0 cm³/mol. The fraction of sp³-hybridized carbons (Fsp3) is 0.889. The van der Waals surface area contributed by atoms with E-state index in [4.69, 9.17) is 19.3 Å². The van der Waals surface area contributed by atoms with E-state index in [0.717, 1.165) is 38.8 Å². The normalized spacial score (nSPS) is 29.8. The first-order valence-corrected chi connectivity index (χ1v) is 9.67. The highest BCUT2D eigenvalue weighted by atomic mass is 16.5. The average Bonchev–Trinajstić information content (AvgIpc) is 2.68. The lowest BCUT2D eigenvalue weighted by atomic mass is 9.78. The van der Waals surface area contributed by atoms with Gasteiger partial charge in [-0.1, -0.05) is 19.3 Å². The smallest absolute Gasteiger partial charge is 0.329 e. The van der Waals surface area contributed by atoms with E-state index < -0.39 is 17.6 Å². The molecule has 1 aliphatic carbocycles. The second-order valence-electron chi connectivity index (χ2n) is 7.38. The number of carboxylic acids is 1. The number of carbonyl (C=O) groups is 2. The molecule has 2 aliphatic heterocycles. The number of ether oxygens (including phenoxy) is 3. The highest BCUT2D eigenvalue weighted by Crippen LogP contribution is 2.35. The number of hydrogen-bond donors (Lipinski definition) is 2. The van der Waals surface area contributed by atoms with Crippen LogP contribution in [0.2, 0.25) is 0 Å². The first kappa shape index (κ1) is 19.5. The van der Waals surface area contributed by atoms with Gasteiger partial charge < -0.3 is 24.6 Å². The number of hydrogen-bond acceptors (Lipinski definition) is 6. The molecule has 8 nitrogen and oxygen atoms in total. The minimum Gasteiger partial charge on any atom is -0.480 e. The molecular formula is C18H30N2O6. The van der Waals surface area contributed by atoms with E-state index in [0.29, 0.717) is 32.8 Å². The molecule has 0 spiro atoms. The summed E-state index contributed by atoms with van der Waals surface area (Å²) < 4.78 is 16.3. The molecule has 0 radical (unpaired) electrons. The molecule has 0 aromatic rings. The van der Waals surface area contributed by atoms with E-state index in [-0.39, 0.29) is 18.6 Å². The molecule has 2 atom stereocenters. The fourth-order valence-electron chi connectivity index (χ4n) is 4.34.